The number of hydrogen-bond donors (Lipinski definition) is 2. The monoisotopic (exact) mass is 516 g/mol. The third-order valence-electron chi connectivity index (χ3n) is 5.88. The molecule has 0 saturated carbocycles. The topological polar surface area (TPSA) is 106 Å². The molecule has 1 amide bonds. The number of H-pyrrole nitrogens is 1. The van der Waals surface area contributed by atoms with Crippen molar-refractivity contribution >= 4 is 5.91 Å². The summed E-state index contributed by atoms with van der Waals surface area (Å²) in [5.74, 6) is -0.378. The third-order valence-corrected chi connectivity index (χ3v) is 5.88. The lowest BCUT2D eigenvalue weighted by Gasteiger charge is -2.37. The lowest BCUT2D eigenvalue weighted by atomic mass is 9.90. The first-order valence-corrected chi connectivity index (χ1v) is 11.7. The van der Waals surface area contributed by atoms with Crippen molar-refractivity contribution in [2.45, 2.75) is 33.5 Å². The molecule has 37 heavy (non-hydrogen) atoms. The molecule has 1 aliphatic rings. The number of aromatic nitrogens is 3. The summed E-state index contributed by atoms with van der Waals surface area (Å²) in [5, 5.41) is 2.68. The molecule has 3 aromatic rings. The van der Waals surface area contributed by atoms with E-state index in [-0.39, 0.29) is 40.9 Å². The summed E-state index contributed by atoms with van der Waals surface area (Å²) in [6, 6.07) is 7.91. The van der Waals surface area contributed by atoms with Gasteiger partial charge >= 0.3 is 6.18 Å². The van der Waals surface area contributed by atoms with Gasteiger partial charge < -0.3 is 19.8 Å². The number of halogens is 3. The summed E-state index contributed by atoms with van der Waals surface area (Å²) in [5.41, 5.74) is -0.917. The van der Waals surface area contributed by atoms with Crippen molar-refractivity contribution in [2.24, 2.45) is 11.3 Å². The normalized spacial score (nSPS) is 14.8. The number of hydrogen-bond acceptors (Lipinski definition) is 6. The Bertz CT molecular complexity index is 1330. The molecule has 8 nitrogen and oxygen atoms in total. The van der Waals surface area contributed by atoms with E-state index >= 15 is 0 Å². The molecule has 0 unspecified atom stereocenters. The van der Waals surface area contributed by atoms with Crippen LogP contribution in [0.3, 0.4) is 0 Å². The van der Waals surface area contributed by atoms with Gasteiger partial charge in [-0.3, -0.25) is 9.59 Å². The van der Waals surface area contributed by atoms with Crippen LogP contribution in [0.2, 0.25) is 0 Å². The van der Waals surface area contributed by atoms with Crippen molar-refractivity contribution in [3.05, 3.63) is 64.1 Å². The molecule has 1 saturated heterocycles. The molecular formula is C26H27F3N4O4. The van der Waals surface area contributed by atoms with E-state index in [1.165, 1.54) is 24.4 Å². The molecule has 0 bridgehead atoms. The molecule has 1 aromatic carbocycles. The summed E-state index contributed by atoms with van der Waals surface area (Å²) in [6.07, 6.45) is -3.24. The summed E-state index contributed by atoms with van der Waals surface area (Å²) in [7, 11) is 0. The van der Waals surface area contributed by atoms with E-state index in [0.29, 0.717) is 36.8 Å². The van der Waals surface area contributed by atoms with E-state index in [4.69, 9.17) is 9.47 Å². The average molecular weight is 517 g/mol. The Morgan fingerprint density at radius 1 is 1.22 bits per heavy atom. The van der Waals surface area contributed by atoms with Gasteiger partial charge in [0.1, 0.15) is 5.82 Å². The highest BCUT2D eigenvalue weighted by molar-refractivity contribution is 5.78. The zero-order chi connectivity index (χ0) is 26.8. The predicted molar refractivity (Wildman–Crippen MR) is 130 cm³/mol. The molecule has 4 rings (SSSR count). The summed E-state index contributed by atoms with van der Waals surface area (Å²) >= 11 is 0. The lowest BCUT2D eigenvalue weighted by Crippen LogP contribution is -2.44. The number of aromatic amines is 1. The van der Waals surface area contributed by atoms with Crippen LogP contribution in [0.25, 0.3) is 22.6 Å². The number of pyridine rings is 1. The Morgan fingerprint density at radius 3 is 2.57 bits per heavy atom. The van der Waals surface area contributed by atoms with Gasteiger partial charge in [-0.1, -0.05) is 26.8 Å². The minimum atomic E-state index is -4.69. The Labute approximate surface area is 211 Å². The molecule has 1 fully saturated rings. The van der Waals surface area contributed by atoms with E-state index in [9.17, 15) is 22.8 Å². The van der Waals surface area contributed by atoms with Crippen molar-refractivity contribution in [3.8, 4) is 28.5 Å². The van der Waals surface area contributed by atoms with Gasteiger partial charge in [-0.05, 0) is 23.8 Å². The Morgan fingerprint density at radius 2 is 1.97 bits per heavy atom. The molecule has 196 valence electrons. The first kappa shape index (κ1) is 26.3. The Kier molecular flexibility index (Phi) is 7.35. The first-order valence-electron chi connectivity index (χ1n) is 11.7. The quantitative estimate of drug-likeness (QED) is 0.465. The Balaban J connectivity index is 1.63. The van der Waals surface area contributed by atoms with Gasteiger partial charge in [0.15, 0.2) is 0 Å². The number of carbonyl (C=O) groups excluding carboxylic acids is 1. The average Bonchev–Trinajstić information content (AvgIpc) is 2.84. The van der Waals surface area contributed by atoms with Crippen LogP contribution in [-0.2, 0) is 22.3 Å². The highest BCUT2D eigenvalue weighted by atomic mass is 19.4. The first-order chi connectivity index (χ1) is 17.4. The van der Waals surface area contributed by atoms with E-state index in [1.807, 2.05) is 6.92 Å². The fraction of sp³-hybridized carbons (Fsp3) is 0.385. The molecule has 0 radical (unpaired) electrons. The van der Waals surface area contributed by atoms with E-state index in [2.05, 4.69) is 20.3 Å². The maximum Gasteiger partial charge on any atom is 0.417 e. The van der Waals surface area contributed by atoms with Gasteiger partial charge in [-0.2, -0.15) is 13.2 Å². The van der Waals surface area contributed by atoms with Crippen molar-refractivity contribution in [3.63, 3.8) is 0 Å². The second-order valence-electron chi connectivity index (χ2n) is 9.71. The van der Waals surface area contributed by atoms with Crippen LogP contribution in [0.15, 0.2) is 47.4 Å². The van der Waals surface area contributed by atoms with Gasteiger partial charge in [0.2, 0.25) is 11.8 Å². The fourth-order valence-corrected chi connectivity index (χ4v) is 3.67. The largest absolute Gasteiger partial charge is 0.477 e. The molecule has 2 aromatic heterocycles. The summed E-state index contributed by atoms with van der Waals surface area (Å²) in [4.78, 5) is 35.3. The number of rotatable bonds is 8. The van der Waals surface area contributed by atoms with Crippen LogP contribution >= 0.6 is 0 Å². The molecule has 0 aliphatic carbocycles. The van der Waals surface area contributed by atoms with Crippen LogP contribution in [0, 0.1) is 11.3 Å². The molecule has 1 aliphatic heterocycles. The minimum Gasteiger partial charge on any atom is -0.477 e. The maximum absolute atomic E-state index is 13.8. The van der Waals surface area contributed by atoms with Crippen LogP contribution in [-0.4, -0.2) is 40.7 Å². The van der Waals surface area contributed by atoms with Gasteiger partial charge in [0.05, 0.1) is 31.1 Å². The highest BCUT2D eigenvalue weighted by Gasteiger charge is 2.35. The minimum absolute atomic E-state index is 0.0304. The predicted octanol–water partition coefficient (Wildman–Crippen LogP) is 4.21. The SMILES string of the molecule is CC(C)C(=O)NCc1ccc(C(F)(F)F)c(-c2nc(-c3ccc(OCC4(C)COC4)nc3)cc(=O)[nH]2)c1. The van der Waals surface area contributed by atoms with Crippen LogP contribution < -0.4 is 15.6 Å². The van der Waals surface area contributed by atoms with Gasteiger partial charge in [-0.25, -0.2) is 9.97 Å². The van der Waals surface area contributed by atoms with Crippen LogP contribution in [0.5, 0.6) is 5.88 Å². The van der Waals surface area contributed by atoms with Crippen LogP contribution in [0.4, 0.5) is 13.2 Å². The second kappa shape index (κ2) is 10.3. The molecular weight excluding hydrogens is 489 g/mol. The fourth-order valence-electron chi connectivity index (χ4n) is 3.67. The van der Waals surface area contributed by atoms with Crippen molar-refractivity contribution < 1.29 is 27.4 Å². The highest BCUT2D eigenvalue weighted by Crippen LogP contribution is 2.37. The summed E-state index contributed by atoms with van der Waals surface area (Å²) < 4.78 is 52.4. The van der Waals surface area contributed by atoms with Gasteiger partial charge in [0, 0.05) is 47.3 Å². The number of alkyl halides is 3. The second-order valence-corrected chi connectivity index (χ2v) is 9.71. The smallest absolute Gasteiger partial charge is 0.417 e. The number of ether oxygens (including phenoxy) is 2. The van der Waals surface area contributed by atoms with Crippen molar-refractivity contribution in [1.82, 2.24) is 20.3 Å². The van der Waals surface area contributed by atoms with Crippen molar-refractivity contribution in [1.29, 1.82) is 0 Å². The number of nitrogens with one attached hydrogen (secondary N) is 2. The number of nitrogens with zero attached hydrogens (tertiary/aromatic N) is 2. The summed E-state index contributed by atoms with van der Waals surface area (Å²) in [6.45, 7) is 7.14. The Hall–Kier alpha value is -3.73. The molecule has 3 heterocycles. The number of carbonyl (C=O) groups is 1. The lowest BCUT2D eigenvalue weighted by molar-refractivity contribution is -0.137. The number of benzene rings is 1. The van der Waals surface area contributed by atoms with Crippen molar-refractivity contribution in [2.75, 3.05) is 19.8 Å². The van der Waals surface area contributed by atoms with Crippen LogP contribution in [0.1, 0.15) is 31.9 Å². The molecule has 2 N–H and O–H groups in total. The maximum atomic E-state index is 13.8. The molecule has 0 spiro atoms. The number of amides is 1. The van der Waals surface area contributed by atoms with E-state index in [1.54, 1.807) is 26.0 Å². The molecule has 0 atom stereocenters. The zero-order valence-corrected chi connectivity index (χ0v) is 20.6. The van der Waals surface area contributed by atoms with E-state index in [0.717, 1.165) is 6.07 Å². The standard InChI is InChI=1S/C26H27F3N4O4/c1-15(2)24(35)31-10-16-4-6-19(26(27,28)29)18(8-16)23-32-20(9-21(34)33-23)17-5-7-22(30-11-17)37-14-25(3)12-36-13-25/h4-9,11,15H,10,12-14H2,1-3H3,(H,31,35)(H,32,33,34). The molecule has 11 heteroatoms. The van der Waals surface area contributed by atoms with Gasteiger partial charge in [-0.15, -0.1) is 0 Å². The van der Waals surface area contributed by atoms with Gasteiger partial charge in [0.25, 0.3) is 5.56 Å². The van der Waals surface area contributed by atoms with E-state index < -0.39 is 17.3 Å². The zero-order valence-electron chi connectivity index (χ0n) is 20.6. The third kappa shape index (κ3) is 6.34.